The van der Waals surface area contributed by atoms with Crippen molar-refractivity contribution in [2.24, 2.45) is 0 Å². The van der Waals surface area contributed by atoms with Gasteiger partial charge in [-0.15, -0.1) is 0 Å². The number of hydrogen-bond donors (Lipinski definition) is 2. The maximum Gasteiger partial charge on any atom is 0.265 e. The lowest BCUT2D eigenvalue weighted by molar-refractivity contribution is -0.116. The largest absolute Gasteiger partial charge is 0.361 e. The molecule has 0 atom stereocenters. The van der Waals surface area contributed by atoms with Crippen LogP contribution in [0.3, 0.4) is 0 Å². The number of aromatic amines is 1. The van der Waals surface area contributed by atoms with Crippen molar-refractivity contribution in [1.82, 2.24) is 10.3 Å². The summed E-state index contributed by atoms with van der Waals surface area (Å²) in [6, 6.07) is 11.6. The van der Waals surface area contributed by atoms with Crippen molar-refractivity contribution in [1.29, 1.82) is 0 Å². The third-order valence-electron chi connectivity index (χ3n) is 5.72. The van der Waals surface area contributed by atoms with Crippen LogP contribution in [0.2, 0.25) is 0 Å². The second-order valence-electron chi connectivity index (χ2n) is 7.51. The van der Waals surface area contributed by atoms with Crippen LogP contribution in [0.25, 0.3) is 10.9 Å². The van der Waals surface area contributed by atoms with Gasteiger partial charge in [-0.2, -0.15) is 0 Å². The van der Waals surface area contributed by atoms with Crippen LogP contribution in [0.15, 0.2) is 64.2 Å². The van der Waals surface area contributed by atoms with Crippen LogP contribution in [0, 0.1) is 5.82 Å². The Morgan fingerprint density at radius 1 is 1.20 bits per heavy atom. The number of aromatic nitrogens is 1. The number of nitrogens with zero attached hydrogens (tertiary/aromatic N) is 1. The molecule has 30 heavy (non-hydrogen) atoms. The summed E-state index contributed by atoms with van der Waals surface area (Å²) < 4.78 is 40.2. The van der Waals surface area contributed by atoms with Gasteiger partial charge in [0.05, 0.1) is 10.6 Å². The minimum atomic E-state index is -4.10. The minimum Gasteiger partial charge on any atom is -0.361 e. The molecule has 2 aliphatic rings. The van der Waals surface area contributed by atoms with Crippen molar-refractivity contribution < 1.29 is 17.6 Å². The van der Waals surface area contributed by atoms with Gasteiger partial charge in [0, 0.05) is 35.9 Å². The number of para-hydroxylation sites is 1. The van der Waals surface area contributed by atoms with E-state index in [9.17, 15) is 17.6 Å². The first-order chi connectivity index (χ1) is 14.5. The number of carbonyl (C=O) groups is 1. The van der Waals surface area contributed by atoms with E-state index in [2.05, 4.69) is 10.3 Å². The van der Waals surface area contributed by atoms with Crippen LogP contribution < -0.4 is 10.2 Å². The van der Waals surface area contributed by atoms with Gasteiger partial charge in [0.15, 0.2) is 4.91 Å². The molecular formula is C22H20FN3O3S. The Morgan fingerprint density at radius 3 is 2.90 bits per heavy atom. The molecule has 0 unspecified atom stereocenters. The van der Waals surface area contributed by atoms with Gasteiger partial charge in [-0.3, -0.25) is 4.79 Å². The van der Waals surface area contributed by atoms with Gasteiger partial charge < -0.3 is 15.2 Å². The monoisotopic (exact) mass is 425 g/mol. The number of rotatable bonds is 4. The molecule has 1 fully saturated rings. The fraction of sp³-hybridized carbons (Fsp3) is 0.227. The number of hydrogen-bond acceptors (Lipinski definition) is 4. The molecule has 0 spiro atoms. The van der Waals surface area contributed by atoms with Gasteiger partial charge in [0.2, 0.25) is 9.84 Å². The fourth-order valence-electron chi connectivity index (χ4n) is 4.35. The van der Waals surface area contributed by atoms with Crippen LogP contribution in [-0.2, 0) is 21.1 Å². The smallest absolute Gasteiger partial charge is 0.265 e. The Hall–Kier alpha value is -3.13. The van der Waals surface area contributed by atoms with Crippen LogP contribution in [0.4, 0.5) is 10.1 Å². The normalized spacial score (nSPS) is 17.2. The number of H-pyrrole nitrogens is 1. The van der Waals surface area contributed by atoms with Crippen LogP contribution >= 0.6 is 0 Å². The Balaban J connectivity index is 1.42. The van der Waals surface area contributed by atoms with Gasteiger partial charge in [-0.25, -0.2) is 12.8 Å². The van der Waals surface area contributed by atoms with Crippen molar-refractivity contribution in [2.75, 3.05) is 18.0 Å². The van der Waals surface area contributed by atoms with E-state index < -0.39 is 21.6 Å². The standard InChI is InChI=1S/C22H20FN3O3S/c23-15-7-8-18-20(12-15)30(28,29)21(19-6-3-11-26(18)19)22(27)24-10-9-14-13-25-17-5-2-1-4-16(14)17/h1-2,4-5,7-8,12-13,25H,3,6,9-11H2,(H,24,27). The topological polar surface area (TPSA) is 82.3 Å². The first kappa shape index (κ1) is 18.9. The van der Waals surface area contributed by atoms with Crippen LogP contribution in [0.1, 0.15) is 18.4 Å². The minimum absolute atomic E-state index is 0.144. The van der Waals surface area contributed by atoms with Crippen LogP contribution in [-0.4, -0.2) is 32.4 Å². The lowest BCUT2D eigenvalue weighted by Gasteiger charge is -2.30. The zero-order valence-corrected chi connectivity index (χ0v) is 16.9. The summed E-state index contributed by atoms with van der Waals surface area (Å²) in [7, 11) is -4.10. The van der Waals surface area contributed by atoms with Crippen molar-refractivity contribution in [3.05, 3.63) is 70.6 Å². The highest BCUT2D eigenvalue weighted by atomic mass is 32.2. The molecule has 2 N–H and O–H groups in total. The third-order valence-corrected chi connectivity index (χ3v) is 7.58. The molecule has 0 aliphatic carbocycles. The predicted octanol–water partition coefficient (Wildman–Crippen LogP) is 3.27. The molecule has 5 rings (SSSR count). The first-order valence-corrected chi connectivity index (χ1v) is 11.3. The number of nitrogens with one attached hydrogen (secondary N) is 2. The van der Waals surface area contributed by atoms with E-state index in [0.29, 0.717) is 37.3 Å². The maximum absolute atomic E-state index is 13.8. The summed E-state index contributed by atoms with van der Waals surface area (Å²) in [6.45, 7) is 0.901. The zero-order chi connectivity index (χ0) is 20.9. The Morgan fingerprint density at radius 2 is 2.03 bits per heavy atom. The van der Waals surface area contributed by atoms with Crippen molar-refractivity contribution in [3.8, 4) is 0 Å². The highest BCUT2D eigenvalue weighted by Gasteiger charge is 2.41. The summed E-state index contributed by atoms with van der Waals surface area (Å²) in [6.07, 6.45) is 3.70. The van der Waals surface area contributed by atoms with Crippen molar-refractivity contribution in [2.45, 2.75) is 24.2 Å². The number of anilines is 1. The van der Waals surface area contributed by atoms with E-state index in [1.807, 2.05) is 35.4 Å². The maximum atomic E-state index is 13.8. The number of fused-ring (bicyclic) bond motifs is 4. The molecule has 2 aromatic carbocycles. The second-order valence-corrected chi connectivity index (χ2v) is 9.37. The molecule has 0 radical (unpaired) electrons. The molecule has 0 saturated carbocycles. The number of halogens is 1. The van der Waals surface area contributed by atoms with E-state index in [1.54, 1.807) is 0 Å². The van der Waals surface area contributed by atoms with Gasteiger partial charge in [-0.1, -0.05) is 18.2 Å². The van der Waals surface area contributed by atoms with Crippen molar-refractivity contribution >= 4 is 32.3 Å². The molecule has 3 aromatic rings. The Labute approximate surface area is 173 Å². The summed E-state index contributed by atoms with van der Waals surface area (Å²) in [4.78, 5) is 17.6. The number of amides is 1. The molecular weight excluding hydrogens is 405 g/mol. The third kappa shape index (κ3) is 2.90. The molecule has 154 valence electrons. The SMILES string of the molecule is O=C(NCCc1c[nH]c2ccccc12)C1=C2CCCN2c2ccc(F)cc2S1(=O)=O. The van der Waals surface area contributed by atoms with Gasteiger partial charge in [0.25, 0.3) is 5.91 Å². The number of carbonyl (C=O) groups excluding carboxylic acids is 1. The van der Waals surface area contributed by atoms with E-state index in [-0.39, 0.29) is 9.80 Å². The average Bonchev–Trinajstić information content (AvgIpc) is 3.35. The molecule has 6 nitrogen and oxygen atoms in total. The molecule has 2 aliphatic heterocycles. The average molecular weight is 425 g/mol. The number of allylic oxidation sites excluding steroid dienone is 1. The molecule has 1 amide bonds. The highest BCUT2D eigenvalue weighted by molar-refractivity contribution is 7.96. The molecule has 1 aromatic heterocycles. The van der Waals surface area contributed by atoms with Gasteiger partial charge in [-0.05, 0) is 49.1 Å². The number of sulfone groups is 1. The lowest BCUT2D eigenvalue weighted by atomic mass is 10.1. The molecule has 3 heterocycles. The summed E-state index contributed by atoms with van der Waals surface area (Å²) >= 11 is 0. The zero-order valence-electron chi connectivity index (χ0n) is 16.1. The summed E-state index contributed by atoms with van der Waals surface area (Å²) in [5.41, 5.74) is 3.00. The quantitative estimate of drug-likeness (QED) is 0.672. The van der Waals surface area contributed by atoms with Gasteiger partial charge in [0.1, 0.15) is 5.82 Å². The molecule has 0 bridgehead atoms. The first-order valence-electron chi connectivity index (χ1n) is 9.85. The Kier molecular flexibility index (Phi) is 4.39. The highest BCUT2D eigenvalue weighted by Crippen LogP contribution is 2.43. The lowest BCUT2D eigenvalue weighted by Crippen LogP contribution is -2.36. The molecule has 8 heteroatoms. The van der Waals surface area contributed by atoms with Crippen molar-refractivity contribution in [3.63, 3.8) is 0 Å². The van der Waals surface area contributed by atoms with Gasteiger partial charge >= 0.3 is 0 Å². The van der Waals surface area contributed by atoms with E-state index >= 15 is 0 Å². The molecule has 1 saturated heterocycles. The van der Waals surface area contributed by atoms with E-state index in [0.717, 1.165) is 29.0 Å². The Bertz CT molecular complexity index is 1310. The second kappa shape index (κ2) is 6.98. The van der Waals surface area contributed by atoms with Crippen LogP contribution in [0.5, 0.6) is 0 Å². The van der Waals surface area contributed by atoms with E-state index in [1.165, 1.54) is 12.1 Å². The fourth-order valence-corrected chi connectivity index (χ4v) is 6.13. The summed E-state index contributed by atoms with van der Waals surface area (Å²) in [5.74, 6) is -1.27. The summed E-state index contributed by atoms with van der Waals surface area (Å²) in [5, 5.41) is 3.83. The van der Waals surface area contributed by atoms with E-state index in [4.69, 9.17) is 0 Å². The predicted molar refractivity (Wildman–Crippen MR) is 112 cm³/mol. The number of benzene rings is 2.